The maximum absolute atomic E-state index is 11.9. The van der Waals surface area contributed by atoms with Gasteiger partial charge in [0.05, 0.1) is 13.1 Å². The van der Waals surface area contributed by atoms with Crippen molar-refractivity contribution in [3.05, 3.63) is 0 Å². The summed E-state index contributed by atoms with van der Waals surface area (Å²) in [5.74, 6) is -1.99. The molecule has 0 spiro atoms. The highest BCUT2D eigenvalue weighted by Gasteiger charge is 2.42. The largest absolute Gasteiger partial charge is 0.282 e. The van der Waals surface area contributed by atoms with Gasteiger partial charge in [0.15, 0.2) is 0 Å². The SMILES string of the molecule is FC1(F)CN(CS)C1. The van der Waals surface area contributed by atoms with Crippen LogP contribution in [-0.4, -0.2) is 29.8 Å². The van der Waals surface area contributed by atoms with Crippen molar-refractivity contribution in [1.29, 1.82) is 0 Å². The molecule has 0 unspecified atom stereocenters. The van der Waals surface area contributed by atoms with Gasteiger partial charge in [0.1, 0.15) is 0 Å². The molecule has 1 rings (SSSR count). The van der Waals surface area contributed by atoms with Crippen LogP contribution in [0.15, 0.2) is 0 Å². The smallest absolute Gasteiger partial charge is 0.273 e. The van der Waals surface area contributed by atoms with Crippen LogP contribution < -0.4 is 0 Å². The monoisotopic (exact) mass is 139 g/mol. The normalized spacial score (nSPS) is 27.4. The van der Waals surface area contributed by atoms with Crippen LogP contribution in [-0.2, 0) is 0 Å². The lowest BCUT2D eigenvalue weighted by Crippen LogP contribution is -2.55. The highest BCUT2D eigenvalue weighted by atomic mass is 32.1. The summed E-state index contributed by atoms with van der Waals surface area (Å²) in [6.45, 7) is -0.229. The van der Waals surface area contributed by atoms with E-state index < -0.39 is 5.92 Å². The summed E-state index contributed by atoms with van der Waals surface area (Å²) in [5.41, 5.74) is 0. The van der Waals surface area contributed by atoms with Crippen molar-refractivity contribution in [3.63, 3.8) is 0 Å². The third-order valence-electron chi connectivity index (χ3n) is 1.11. The van der Waals surface area contributed by atoms with E-state index in [1.54, 1.807) is 4.90 Å². The topological polar surface area (TPSA) is 3.24 Å². The minimum atomic E-state index is -2.43. The highest BCUT2D eigenvalue weighted by Crippen LogP contribution is 2.25. The van der Waals surface area contributed by atoms with E-state index in [2.05, 4.69) is 12.6 Å². The average Bonchev–Trinajstić information content (AvgIpc) is 1.60. The number of hydrogen-bond donors (Lipinski definition) is 1. The van der Waals surface area contributed by atoms with Gasteiger partial charge in [0, 0.05) is 5.88 Å². The predicted octanol–water partition coefficient (Wildman–Crippen LogP) is 0.825. The van der Waals surface area contributed by atoms with Gasteiger partial charge in [-0.2, -0.15) is 12.6 Å². The van der Waals surface area contributed by atoms with E-state index in [1.165, 1.54) is 0 Å². The zero-order valence-corrected chi connectivity index (χ0v) is 5.17. The summed E-state index contributed by atoms with van der Waals surface area (Å²) in [6, 6.07) is 0. The zero-order chi connectivity index (χ0) is 6.20. The van der Waals surface area contributed by atoms with Gasteiger partial charge in [-0.3, -0.25) is 4.90 Å². The molecule has 0 atom stereocenters. The van der Waals surface area contributed by atoms with E-state index in [0.717, 1.165) is 0 Å². The fraction of sp³-hybridized carbons (Fsp3) is 1.00. The Bertz CT molecular complexity index is 88.0. The Morgan fingerprint density at radius 2 is 2.00 bits per heavy atom. The molecular weight excluding hydrogens is 132 g/mol. The summed E-state index contributed by atoms with van der Waals surface area (Å²) in [4.78, 5) is 1.57. The number of rotatable bonds is 1. The van der Waals surface area contributed by atoms with E-state index in [4.69, 9.17) is 0 Å². The molecule has 0 N–H and O–H groups in total. The number of alkyl halides is 2. The molecule has 1 aliphatic heterocycles. The molecule has 0 aliphatic carbocycles. The molecular formula is C4H7F2NS. The van der Waals surface area contributed by atoms with E-state index in [0.29, 0.717) is 5.88 Å². The molecule has 0 aromatic heterocycles. The molecule has 1 heterocycles. The van der Waals surface area contributed by atoms with Crippen LogP contribution in [0.2, 0.25) is 0 Å². The van der Waals surface area contributed by atoms with Crippen LogP contribution in [0.3, 0.4) is 0 Å². The summed E-state index contributed by atoms with van der Waals surface area (Å²) >= 11 is 3.82. The van der Waals surface area contributed by atoms with Crippen LogP contribution in [0.5, 0.6) is 0 Å². The molecule has 48 valence electrons. The molecule has 1 saturated heterocycles. The quantitative estimate of drug-likeness (QED) is 0.526. The van der Waals surface area contributed by atoms with Crippen molar-refractivity contribution in [2.24, 2.45) is 0 Å². The van der Waals surface area contributed by atoms with E-state index in [1.807, 2.05) is 0 Å². The van der Waals surface area contributed by atoms with Gasteiger partial charge in [0.25, 0.3) is 5.92 Å². The molecule has 0 saturated carbocycles. The van der Waals surface area contributed by atoms with Crippen LogP contribution in [0, 0.1) is 0 Å². The zero-order valence-electron chi connectivity index (χ0n) is 4.27. The van der Waals surface area contributed by atoms with Crippen LogP contribution in [0.1, 0.15) is 0 Å². The van der Waals surface area contributed by atoms with E-state index in [9.17, 15) is 8.78 Å². The second-order valence-electron chi connectivity index (χ2n) is 1.98. The lowest BCUT2D eigenvalue weighted by Gasteiger charge is -2.37. The number of hydrogen-bond acceptors (Lipinski definition) is 2. The minimum Gasteiger partial charge on any atom is -0.282 e. The summed E-state index contributed by atoms with van der Waals surface area (Å²) in [5, 5.41) is 0. The molecule has 8 heavy (non-hydrogen) atoms. The highest BCUT2D eigenvalue weighted by molar-refractivity contribution is 7.80. The third kappa shape index (κ3) is 1.11. The Morgan fingerprint density at radius 1 is 1.50 bits per heavy atom. The Hall–Kier alpha value is 0.170. The number of nitrogens with zero attached hydrogens (tertiary/aromatic N) is 1. The molecule has 0 amide bonds. The molecule has 0 aromatic carbocycles. The molecule has 4 heteroatoms. The van der Waals surface area contributed by atoms with Crippen LogP contribution >= 0.6 is 12.6 Å². The molecule has 0 aromatic rings. The van der Waals surface area contributed by atoms with Crippen molar-refractivity contribution < 1.29 is 8.78 Å². The Labute approximate surface area is 52.1 Å². The standard InChI is InChI=1S/C4H7F2NS/c5-4(6)1-7(2-4)3-8/h8H,1-3H2. The molecule has 0 radical (unpaired) electrons. The first-order valence-corrected chi connectivity index (χ1v) is 2.98. The van der Waals surface area contributed by atoms with Crippen LogP contribution in [0.25, 0.3) is 0 Å². The predicted molar refractivity (Wildman–Crippen MR) is 30.4 cm³/mol. The molecule has 0 bridgehead atoms. The van der Waals surface area contributed by atoms with Gasteiger partial charge in [-0.1, -0.05) is 0 Å². The first kappa shape index (κ1) is 6.29. The van der Waals surface area contributed by atoms with Crippen molar-refractivity contribution >= 4 is 12.6 Å². The van der Waals surface area contributed by atoms with Gasteiger partial charge in [-0.15, -0.1) is 0 Å². The fourth-order valence-electron chi connectivity index (χ4n) is 0.708. The second-order valence-corrected chi connectivity index (χ2v) is 2.27. The first-order valence-electron chi connectivity index (χ1n) is 2.35. The first-order chi connectivity index (χ1) is 3.64. The van der Waals surface area contributed by atoms with E-state index >= 15 is 0 Å². The van der Waals surface area contributed by atoms with Gasteiger partial charge in [0.2, 0.25) is 0 Å². The number of likely N-dealkylation sites (tertiary alicyclic amines) is 1. The van der Waals surface area contributed by atoms with Crippen molar-refractivity contribution in [2.45, 2.75) is 5.92 Å². The molecule has 1 fully saturated rings. The van der Waals surface area contributed by atoms with Gasteiger partial charge >= 0.3 is 0 Å². The van der Waals surface area contributed by atoms with E-state index in [-0.39, 0.29) is 13.1 Å². The molecule has 1 aliphatic rings. The van der Waals surface area contributed by atoms with Crippen molar-refractivity contribution in [2.75, 3.05) is 19.0 Å². The lowest BCUT2D eigenvalue weighted by molar-refractivity contribution is -0.122. The minimum absolute atomic E-state index is 0.115. The average molecular weight is 139 g/mol. The van der Waals surface area contributed by atoms with Gasteiger partial charge in [-0.05, 0) is 0 Å². The Balaban J connectivity index is 2.21. The Morgan fingerprint density at radius 3 is 2.12 bits per heavy atom. The number of thiol groups is 1. The second kappa shape index (κ2) is 1.84. The third-order valence-corrected chi connectivity index (χ3v) is 1.51. The summed E-state index contributed by atoms with van der Waals surface area (Å²) in [6.07, 6.45) is 0. The summed E-state index contributed by atoms with van der Waals surface area (Å²) < 4.78 is 23.8. The maximum atomic E-state index is 11.9. The van der Waals surface area contributed by atoms with Crippen molar-refractivity contribution in [1.82, 2.24) is 4.90 Å². The van der Waals surface area contributed by atoms with Crippen molar-refractivity contribution in [3.8, 4) is 0 Å². The maximum Gasteiger partial charge on any atom is 0.273 e. The number of halogens is 2. The Kier molecular flexibility index (Phi) is 1.45. The fourth-order valence-corrected chi connectivity index (χ4v) is 0.908. The lowest BCUT2D eigenvalue weighted by atomic mass is 10.2. The summed E-state index contributed by atoms with van der Waals surface area (Å²) in [7, 11) is 0. The van der Waals surface area contributed by atoms with Crippen LogP contribution in [0.4, 0.5) is 8.78 Å². The van der Waals surface area contributed by atoms with Gasteiger partial charge < -0.3 is 0 Å². The molecule has 1 nitrogen and oxygen atoms in total. The van der Waals surface area contributed by atoms with Gasteiger partial charge in [-0.25, -0.2) is 8.78 Å².